The summed E-state index contributed by atoms with van der Waals surface area (Å²) >= 11 is 0. The topological polar surface area (TPSA) is 49.7 Å². The second-order valence-electron chi connectivity index (χ2n) is 2.24. The second-order valence-corrected chi connectivity index (χ2v) is 2.24. The van der Waals surface area contributed by atoms with E-state index in [4.69, 9.17) is 0 Å². The molecule has 1 aromatic rings. The van der Waals surface area contributed by atoms with Crippen LogP contribution in [0.5, 0.6) is 0 Å². The van der Waals surface area contributed by atoms with E-state index in [-0.39, 0.29) is 6.54 Å². The fourth-order valence-electron chi connectivity index (χ4n) is 0.851. The molecule has 0 amide bonds. The summed E-state index contributed by atoms with van der Waals surface area (Å²) in [6, 6.07) is 8.99. The van der Waals surface area contributed by atoms with Gasteiger partial charge in [0.05, 0.1) is 0 Å². The van der Waals surface area contributed by atoms with E-state index < -0.39 is 6.10 Å². The van der Waals surface area contributed by atoms with E-state index in [2.05, 4.69) is 5.18 Å². The molecule has 0 aliphatic rings. The monoisotopic (exact) mass is 151 g/mol. The van der Waals surface area contributed by atoms with Crippen molar-refractivity contribution in [3.05, 3.63) is 40.8 Å². The van der Waals surface area contributed by atoms with Crippen LogP contribution in [0.15, 0.2) is 35.5 Å². The van der Waals surface area contributed by atoms with E-state index in [1.54, 1.807) is 12.1 Å². The molecule has 0 fully saturated rings. The summed E-state index contributed by atoms with van der Waals surface area (Å²) in [6.45, 7) is -0.0794. The maximum absolute atomic E-state index is 9.78. The van der Waals surface area contributed by atoms with Gasteiger partial charge in [-0.25, -0.2) is 0 Å². The van der Waals surface area contributed by atoms with E-state index in [0.29, 0.717) is 0 Å². The molecule has 1 unspecified atom stereocenters. The Morgan fingerprint density at radius 1 is 1.36 bits per heavy atom. The molecule has 0 heterocycles. The molecule has 0 radical (unpaired) electrons. The summed E-state index contributed by atoms with van der Waals surface area (Å²) in [6.07, 6.45) is -0.756. The average Bonchev–Trinajstić information content (AvgIpc) is 2.07. The van der Waals surface area contributed by atoms with Crippen LogP contribution in [0.1, 0.15) is 11.7 Å². The van der Waals surface area contributed by atoms with Crippen molar-refractivity contribution in [2.75, 3.05) is 6.54 Å². The van der Waals surface area contributed by atoms with Crippen molar-refractivity contribution in [1.82, 2.24) is 0 Å². The zero-order chi connectivity index (χ0) is 8.10. The second kappa shape index (κ2) is 3.83. The minimum atomic E-state index is -0.756. The molecule has 11 heavy (non-hydrogen) atoms. The van der Waals surface area contributed by atoms with Crippen LogP contribution in [-0.4, -0.2) is 11.7 Å². The van der Waals surface area contributed by atoms with E-state index >= 15 is 0 Å². The predicted molar refractivity (Wildman–Crippen MR) is 42.1 cm³/mol. The first-order valence-corrected chi connectivity index (χ1v) is 3.36. The number of hydrogen-bond donors (Lipinski definition) is 1. The molecule has 1 rings (SSSR count). The van der Waals surface area contributed by atoms with Crippen molar-refractivity contribution in [3.63, 3.8) is 0 Å². The molecule has 0 aliphatic carbocycles. The SMILES string of the molecule is O=NCC(O)c1ccccc1. The largest absolute Gasteiger partial charge is 0.386 e. The van der Waals surface area contributed by atoms with Gasteiger partial charge in [0.1, 0.15) is 12.6 Å². The van der Waals surface area contributed by atoms with Crippen LogP contribution >= 0.6 is 0 Å². The molecule has 3 heteroatoms. The summed E-state index contributed by atoms with van der Waals surface area (Å²) in [7, 11) is 0. The molecule has 1 N–H and O–H groups in total. The normalized spacial score (nSPS) is 12.5. The Bertz CT molecular complexity index is 223. The zero-order valence-corrected chi connectivity index (χ0v) is 5.97. The quantitative estimate of drug-likeness (QED) is 0.665. The van der Waals surface area contributed by atoms with Gasteiger partial charge < -0.3 is 5.11 Å². The Morgan fingerprint density at radius 3 is 2.55 bits per heavy atom. The Kier molecular flexibility index (Phi) is 2.74. The molecule has 58 valence electrons. The van der Waals surface area contributed by atoms with Crippen LogP contribution in [0.4, 0.5) is 0 Å². The first-order valence-electron chi connectivity index (χ1n) is 3.36. The number of hydrogen-bond acceptors (Lipinski definition) is 3. The van der Waals surface area contributed by atoms with Crippen molar-refractivity contribution in [1.29, 1.82) is 0 Å². The highest BCUT2D eigenvalue weighted by molar-refractivity contribution is 5.17. The number of benzene rings is 1. The van der Waals surface area contributed by atoms with Crippen LogP contribution in [0.3, 0.4) is 0 Å². The average molecular weight is 151 g/mol. The standard InChI is InChI=1S/C8H9NO2/c10-8(6-9-11)7-4-2-1-3-5-7/h1-5,8,10H,6H2. The molecule has 1 aromatic carbocycles. The molecule has 0 spiro atoms. The Hall–Kier alpha value is -1.22. The van der Waals surface area contributed by atoms with Crippen molar-refractivity contribution < 1.29 is 5.11 Å². The molecule has 3 nitrogen and oxygen atoms in total. The van der Waals surface area contributed by atoms with Crippen molar-refractivity contribution in [3.8, 4) is 0 Å². The van der Waals surface area contributed by atoms with E-state index in [9.17, 15) is 10.0 Å². The maximum atomic E-state index is 9.78. The Balaban J connectivity index is 2.68. The smallest absolute Gasteiger partial charge is 0.111 e. The minimum absolute atomic E-state index is 0.0794. The van der Waals surface area contributed by atoms with E-state index in [1.165, 1.54) is 0 Å². The lowest BCUT2D eigenvalue weighted by atomic mass is 10.1. The van der Waals surface area contributed by atoms with Gasteiger partial charge in [-0.05, 0) is 5.56 Å². The van der Waals surface area contributed by atoms with Crippen LogP contribution in [0.2, 0.25) is 0 Å². The van der Waals surface area contributed by atoms with Gasteiger partial charge in [-0.1, -0.05) is 35.5 Å². The minimum Gasteiger partial charge on any atom is -0.386 e. The van der Waals surface area contributed by atoms with Gasteiger partial charge in [0.2, 0.25) is 0 Å². The van der Waals surface area contributed by atoms with Crippen molar-refractivity contribution >= 4 is 0 Å². The first-order chi connectivity index (χ1) is 5.34. The maximum Gasteiger partial charge on any atom is 0.111 e. The molecule has 0 saturated carbocycles. The van der Waals surface area contributed by atoms with Gasteiger partial charge in [0, 0.05) is 0 Å². The third kappa shape index (κ3) is 2.13. The van der Waals surface area contributed by atoms with Gasteiger partial charge in [0.25, 0.3) is 0 Å². The van der Waals surface area contributed by atoms with Crippen LogP contribution in [0, 0.1) is 4.91 Å². The van der Waals surface area contributed by atoms with Crippen LogP contribution in [0.25, 0.3) is 0 Å². The highest BCUT2D eigenvalue weighted by atomic mass is 16.3. The fourth-order valence-corrected chi connectivity index (χ4v) is 0.851. The molecular weight excluding hydrogens is 142 g/mol. The fraction of sp³-hybridized carbons (Fsp3) is 0.250. The molecule has 0 aliphatic heterocycles. The number of aliphatic hydroxyl groups excluding tert-OH is 1. The van der Waals surface area contributed by atoms with Gasteiger partial charge >= 0.3 is 0 Å². The summed E-state index contributed by atoms with van der Waals surface area (Å²) in [5.41, 5.74) is 0.729. The zero-order valence-electron chi connectivity index (χ0n) is 5.97. The van der Waals surface area contributed by atoms with Crippen LogP contribution < -0.4 is 0 Å². The molecular formula is C8H9NO2. The molecule has 0 bridgehead atoms. The third-order valence-corrected chi connectivity index (χ3v) is 1.43. The lowest BCUT2D eigenvalue weighted by Crippen LogP contribution is -1.99. The third-order valence-electron chi connectivity index (χ3n) is 1.43. The van der Waals surface area contributed by atoms with E-state index in [1.807, 2.05) is 18.2 Å². The van der Waals surface area contributed by atoms with Crippen LogP contribution in [-0.2, 0) is 0 Å². The lowest BCUT2D eigenvalue weighted by molar-refractivity contribution is 0.187. The number of nitroso groups, excluding NO2 is 1. The van der Waals surface area contributed by atoms with E-state index in [0.717, 1.165) is 5.56 Å². The Morgan fingerprint density at radius 2 is 2.00 bits per heavy atom. The number of aliphatic hydroxyl groups is 1. The summed E-state index contributed by atoms with van der Waals surface area (Å²) in [5, 5.41) is 11.8. The summed E-state index contributed by atoms with van der Waals surface area (Å²) in [4.78, 5) is 9.78. The van der Waals surface area contributed by atoms with Gasteiger partial charge in [-0.15, -0.1) is 0 Å². The predicted octanol–water partition coefficient (Wildman–Crippen LogP) is 1.49. The summed E-state index contributed by atoms with van der Waals surface area (Å²) in [5.74, 6) is 0. The molecule has 0 saturated heterocycles. The van der Waals surface area contributed by atoms with Crippen molar-refractivity contribution in [2.24, 2.45) is 5.18 Å². The Labute approximate surface area is 64.7 Å². The summed E-state index contributed by atoms with van der Waals surface area (Å²) < 4.78 is 0. The first kappa shape index (κ1) is 7.88. The molecule has 0 aromatic heterocycles. The van der Waals surface area contributed by atoms with Gasteiger partial charge in [-0.3, -0.25) is 0 Å². The highest BCUT2D eigenvalue weighted by Crippen LogP contribution is 2.11. The highest BCUT2D eigenvalue weighted by Gasteiger charge is 2.04. The number of rotatable bonds is 3. The molecule has 1 atom stereocenters. The van der Waals surface area contributed by atoms with Crippen molar-refractivity contribution in [2.45, 2.75) is 6.10 Å². The number of nitrogens with zero attached hydrogens (tertiary/aromatic N) is 1. The van der Waals surface area contributed by atoms with Gasteiger partial charge in [-0.2, -0.15) is 4.91 Å². The lowest BCUT2D eigenvalue weighted by Gasteiger charge is -2.04. The van der Waals surface area contributed by atoms with Gasteiger partial charge in [0.15, 0.2) is 0 Å².